The third-order valence-corrected chi connectivity index (χ3v) is 4.35. The van der Waals surface area contributed by atoms with Gasteiger partial charge in [-0.1, -0.05) is 12.5 Å². The molecular formula is C15H17IN4O2. The highest BCUT2D eigenvalue weighted by Gasteiger charge is 2.17. The highest BCUT2D eigenvalue weighted by molar-refractivity contribution is 14.1. The molecule has 1 N–H and O–H groups in total. The number of aromatic nitrogens is 3. The number of benzene rings is 1. The second kappa shape index (κ2) is 6.64. The van der Waals surface area contributed by atoms with Gasteiger partial charge in [0.15, 0.2) is 0 Å². The van der Waals surface area contributed by atoms with E-state index in [1.54, 1.807) is 4.57 Å². The maximum Gasteiger partial charge on any atom is 0.346 e. The monoisotopic (exact) mass is 412 g/mol. The van der Waals surface area contributed by atoms with Crippen LogP contribution in [0.25, 0.3) is 0 Å². The number of anilines is 1. The van der Waals surface area contributed by atoms with E-state index < -0.39 is 0 Å². The Labute approximate surface area is 141 Å². The van der Waals surface area contributed by atoms with Crippen molar-refractivity contribution in [3.63, 3.8) is 0 Å². The van der Waals surface area contributed by atoms with Crippen molar-refractivity contribution in [3.05, 3.63) is 44.1 Å². The van der Waals surface area contributed by atoms with E-state index >= 15 is 0 Å². The molecule has 2 aromatic rings. The molecular weight excluding hydrogens is 395 g/mol. The summed E-state index contributed by atoms with van der Waals surface area (Å²) in [6.07, 6.45) is 3.97. The van der Waals surface area contributed by atoms with Crippen LogP contribution in [0.3, 0.4) is 0 Å². The van der Waals surface area contributed by atoms with Gasteiger partial charge in [-0.15, -0.1) is 0 Å². The van der Waals surface area contributed by atoms with Crippen molar-refractivity contribution >= 4 is 34.2 Å². The van der Waals surface area contributed by atoms with Crippen LogP contribution in [0.1, 0.15) is 25.1 Å². The first kappa shape index (κ1) is 15.3. The van der Waals surface area contributed by atoms with Crippen LogP contribution in [-0.4, -0.2) is 20.3 Å². The standard InChI is InChI=1S/C15H17IN4O2/c16-11-5-4-6-12(9-11)17-14(21)10-20-15(22)19-8-3-1-2-7-13(19)18-20/h4-6,9H,1-3,7-8,10H2,(H,17,21). The van der Waals surface area contributed by atoms with Crippen molar-refractivity contribution < 1.29 is 4.79 Å². The molecule has 0 bridgehead atoms. The Balaban J connectivity index is 1.73. The smallest absolute Gasteiger partial charge is 0.324 e. The number of carbonyl (C=O) groups excluding carboxylic acids is 1. The van der Waals surface area contributed by atoms with Crippen LogP contribution >= 0.6 is 22.6 Å². The molecule has 3 rings (SSSR count). The second-order valence-corrected chi connectivity index (χ2v) is 6.62. The van der Waals surface area contributed by atoms with Gasteiger partial charge in [-0.2, -0.15) is 5.10 Å². The van der Waals surface area contributed by atoms with Gasteiger partial charge in [-0.05, 0) is 53.6 Å². The molecule has 0 saturated heterocycles. The molecule has 2 heterocycles. The zero-order chi connectivity index (χ0) is 15.5. The van der Waals surface area contributed by atoms with E-state index in [9.17, 15) is 9.59 Å². The largest absolute Gasteiger partial charge is 0.346 e. The fourth-order valence-corrected chi connectivity index (χ4v) is 3.17. The Morgan fingerprint density at radius 3 is 3.00 bits per heavy atom. The van der Waals surface area contributed by atoms with Crippen LogP contribution in [0.4, 0.5) is 5.69 Å². The van der Waals surface area contributed by atoms with Crippen LogP contribution in [-0.2, 0) is 24.3 Å². The van der Waals surface area contributed by atoms with E-state index in [-0.39, 0.29) is 18.1 Å². The van der Waals surface area contributed by atoms with E-state index in [4.69, 9.17) is 0 Å². The molecule has 1 amide bonds. The van der Waals surface area contributed by atoms with Crippen molar-refractivity contribution in [2.24, 2.45) is 0 Å². The molecule has 1 aromatic carbocycles. The first-order chi connectivity index (χ1) is 10.6. The Kier molecular flexibility index (Phi) is 4.60. The number of fused-ring (bicyclic) bond motifs is 1. The van der Waals surface area contributed by atoms with Crippen LogP contribution in [0.15, 0.2) is 29.1 Å². The number of amides is 1. The van der Waals surface area contributed by atoms with Gasteiger partial charge in [0.05, 0.1) is 0 Å². The lowest BCUT2D eigenvalue weighted by molar-refractivity contribution is -0.117. The normalized spacial score (nSPS) is 14.2. The number of hydrogen-bond acceptors (Lipinski definition) is 3. The van der Waals surface area contributed by atoms with Gasteiger partial charge in [0.25, 0.3) is 0 Å². The summed E-state index contributed by atoms with van der Waals surface area (Å²) < 4.78 is 4.01. The minimum absolute atomic E-state index is 0.0513. The zero-order valence-corrected chi connectivity index (χ0v) is 14.2. The highest BCUT2D eigenvalue weighted by atomic mass is 127. The molecule has 1 aromatic heterocycles. The first-order valence-electron chi connectivity index (χ1n) is 7.35. The Morgan fingerprint density at radius 1 is 1.32 bits per heavy atom. The number of halogens is 1. The topological polar surface area (TPSA) is 68.9 Å². The molecule has 0 spiro atoms. The molecule has 7 heteroatoms. The minimum Gasteiger partial charge on any atom is -0.324 e. The van der Waals surface area contributed by atoms with Crippen molar-refractivity contribution in [2.45, 2.75) is 38.8 Å². The fraction of sp³-hybridized carbons (Fsp3) is 0.400. The number of nitrogens with one attached hydrogen (secondary N) is 1. The Morgan fingerprint density at radius 2 is 2.18 bits per heavy atom. The van der Waals surface area contributed by atoms with Gasteiger partial charge < -0.3 is 5.32 Å². The number of nitrogens with zero attached hydrogens (tertiary/aromatic N) is 3. The van der Waals surface area contributed by atoms with E-state index in [2.05, 4.69) is 33.0 Å². The van der Waals surface area contributed by atoms with E-state index in [1.165, 1.54) is 4.68 Å². The average Bonchev–Trinajstić information content (AvgIpc) is 2.65. The van der Waals surface area contributed by atoms with Crippen LogP contribution in [0, 0.1) is 3.57 Å². The molecule has 116 valence electrons. The summed E-state index contributed by atoms with van der Waals surface area (Å²) >= 11 is 2.19. The quantitative estimate of drug-likeness (QED) is 0.785. The molecule has 0 atom stereocenters. The van der Waals surface area contributed by atoms with Gasteiger partial charge >= 0.3 is 5.69 Å². The predicted octanol–water partition coefficient (Wildman–Crippen LogP) is 2.01. The number of carbonyl (C=O) groups is 1. The third-order valence-electron chi connectivity index (χ3n) is 3.68. The van der Waals surface area contributed by atoms with Gasteiger partial charge in [0.1, 0.15) is 12.4 Å². The zero-order valence-electron chi connectivity index (χ0n) is 12.1. The van der Waals surface area contributed by atoms with Crippen molar-refractivity contribution in [1.29, 1.82) is 0 Å². The summed E-state index contributed by atoms with van der Waals surface area (Å²) in [5.74, 6) is 0.557. The lowest BCUT2D eigenvalue weighted by Gasteiger charge is -2.05. The Bertz CT molecular complexity index is 750. The number of aryl methyl sites for hydroxylation is 1. The van der Waals surface area contributed by atoms with Crippen molar-refractivity contribution in [2.75, 3.05) is 5.32 Å². The molecule has 0 radical (unpaired) electrons. The summed E-state index contributed by atoms with van der Waals surface area (Å²) in [6.45, 7) is 0.650. The first-order valence-corrected chi connectivity index (χ1v) is 8.43. The molecule has 6 nitrogen and oxygen atoms in total. The van der Waals surface area contributed by atoms with Crippen LogP contribution < -0.4 is 11.0 Å². The SMILES string of the molecule is O=C(Cn1nc2n(c1=O)CCCCC2)Nc1cccc(I)c1. The minimum atomic E-state index is -0.239. The molecule has 0 unspecified atom stereocenters. The van der Waals surface area contributed by atoms with E-state index in [0.29, 0.717) is 6.54 Å². The van der Waals surface area contributed by atoms with Gasteiger partial charge in [0, 0.05) is 22.2 Å². The Hall–Kier alpha value is -1.64. The van der Waals surface area contributed by atoms with Crippen molar-refractivity contribution in [1.82, 2.24) is 14.3 Å². The van der Waals surface area contributed by atoms with Gasteiger partial charge in [0.2, 0.25) is 5.91 Å². The lowest BCUT2D eigenvalue weighted by Crippen LogP contribution is -2.30. The van der Waals surface area contributed by atoms with Gasteiger partial charge in [-0.3, -0.25) is 9.36 Å². The molecule has 1 aliphatic heterocycles. The summed E-state index contributed by atoms with van der Waals surface area (Å²) in [7, 11) is 0. The maximum absolute atomic E-state index is 12.3. The lowest BCUT2D eigenvalue weighted by atomic mass is 10.2. The molecule has 0 aliphatic carbocycles. The summed E-state index contributed by atoms with van der Waals surface area (Å²) in [6, 6.07) is 7.53. The molecule has 22 heavy (non-hydrogen) atoms. The van der Waals surface area contributed by atoms with E-state index in [1.807, 2.05) is 24.3 Å². The predicted molar refractivity (Wildman–Crippen MR) is 91.8 cm³/mol. The van der Waals surface area contributed by atoms with Crippen LogP contribution in [0.2, 0.25) is 0 Å². The summed E-state index contributed by atoms with van der Waals surface area (Å²) in [5.41, 5.74) is 0.542. The third kappa shape index (κ3) is 3.40. The summed E-state index contributed by atoms with van der Waals surface area (Å²) in [5, 5.41) is 7.11. The maximum atomic E-state index is 12.3. The summed E-state index contributed by atoms with van der Waals surface area (Å²) in [4.78, 5) is 24.4. The van der Waals surface area contributed by atoms with Gasteiger partial charge in [-0.25, -0.2) is 9.48 Å². The number of rotatable bonds is 3. The van der Waals surface area contributed by atoms with E-state index in [0.717, 1.165) is 40.8 Å². The average molecular weight is 412 g/mol. The number of hydrogen-bond donors (Lipinski definition) is 1. The highest BCUT2D eigenvalue weighted by Crippen LogP contribution is 2.13. The second-order valence-electron chi connectivity index (χ2n) is 5.38. The van der Waals surface area contributed by atoms with Crippen LogP contribution in [0.5, 0.6) is 0 Å². The fourth-order valence-electron chi connectivity index (χ4n) is 2.63. The molecule has 0 fully saturated rings. The molecule has 0 saturated carbocycles. The molecule has 1 aliphatic rings. The van der Waals surface area contributed by atoms with Crippen molar-refractivity contribution in [3.8, 4) is 0 Å².